The number of fused-ring (bicyclic) bond motifs is 2. The van der Waals surface area contributed by atoms with Crippen LogP contribution in [0, 0.1) is 0 Å². The molecule has 0 aliphatic carbocycles. The largest absolute Gasteiger partial charge is 0.466 e. The number of carbonyl (C=O) groups excluding carboxylic acids is 2. The van der Waals surface area contributed by atoms with Crippen molar-refractivity contribution >= 4 is 28.7 Å². The van der Waals surface area contributed by atoms with Crippen LogP contribution in [0.3, 0.4) is 0 Å². The normalized spacial score (nSPS) is 13.8. The summed E-state index contributed by atoms with van der Waals surface area (Å²) in [5.41, 5.74) is 9.85. The van der Waals surface area contributed by atoms with E-state index in [0.29, 0.717) is 37.0 Å². The molecule has 4 rings (SSSR count). The zero-order valence-corrected chi connectivity index (χ0v) is 18.5. The van der Waals surface area contributed by atoms with Gasteiger partial charge in [0.05, 0.1) is 18.0 Å². The fourth-order valence-corrected chi connectivity index (χ4v) is 4.24. The maximum absolute atomic E-state index is 13.5. The molecule has 2 heterocycles. The summed E-state index contributed by atoms with van der Waals surface area (Å²) in [6.07, 6.45) is 2.56. The summed E-state index contributed by atoms with van der Waals surface area (Å²) in [5.74, 6) is -0.785. The van der Waals surface area contributed by atoms with E-state index in [0.717, 1.165) is 29.5 Å². The Kier molecular flexibility index (Phi) is 6.35. The summed E-state index contributed by atoms with van der Waals surface area (Å²) < 4.78 is 5.32. The topological polar surface area (TPSA) is 98.4 Å². The van der Waals surface area contributed by atoms with Crippen LogP contribution in [0.5, 0.6) is 0 Å². The van der Waals surface area contributed by atoms with E-state index in [1.165, 1.54) is 0 Å². The maximum Gasteiger partial charge on any atom is 0.313 e. The minimum absolute atomic E-state index is 0.0539. The smallest absolute Gasteiger partial charge is 0.313 e. The third-order valence-corrected chi connectivity index (χ3v) is 5.89. The van der Waals surface area contributed by atoms with Crippen molar-refractivity contribution < 1.29 is 14.3 Å². The number of nitrogen functional groups attached to an aromatic ring is 1. The Bertz CT molecular complexity index is 1140. The van der Waals surface area contributed by atoms with Gasteiger partial charge in [0.15, 0.2) is 0 Å². The first kappa shape index (κ1) is 21.7. The first-order valence-corrected chi connectivity index (χ1v) is 11.1. The lowest BCUT2D eigenvalue weighted by atomic mass is 9.92. The van der Waals surface area contributed by atoms with Crippen LogP contribution >= 0.6 is 0 Å². The molecule has 7 heteroatoms. The lowest BCUT2D eigenvalue weighted by Crippen LogP contribution is -2.27. The molecule has 2 N–H and O–H groups in total. The average Bonchev–Trinajstić information content (AvgIpc) is 3.23. The SMILES string of the molecule is CCCCC(C(=O)OCC)c1ccc2nc(N)nc(C(=O)N3Cc4ccccc4C3)c2c1. The van der Waals surface area contributed by atoms with E-state index in [2.05, 4.69) is 16.9 Å². The summed E-state index contributed by atoms with van der Waals surface area (Å²) >= 11 is 0. The van der Waals surface area contributed by atoms with E-state index in [9.17, 15) is 9.59 Å². The number of nitrogens with two attached hydrogens (primary N) is 1. The molecule has 0 fully saturated rings. The van der Waals surface area contributed by atoms with Crippen LogP contribution in [-0.4, -0.2) is 33.4 Å². The van der Waals surface area contributed by atoms with Gasteiger partial charge in [-0.3, -0.25) is 9.59 Å². The Balaban J connectivity index is 1.73. The van der Waals surface area contributed by atoms with Gasteiger partial charge < -0.3 is 15.4 Å². The number of carbonyl (C=O) groups is 2. The number of hydrogen-bond acceptors (Lipinski definition) is 6. The van der Waals surface area contributed by atoms with Crippen molar-refractivity contribution in [1.29, 1.82) is 0 Å². The minimum Gasteiger partial charge on any atom is -0.466 e. The molecule has 0 bridgehead atoms. The second-order valence-electron chi connectivity index (χ2n) is 8.08. The Morgan fingerprint density at radius 1 is 1.09 bits per heavy atom. The van der Waals surface area contributed by atoms with Crippen molar-refractivity contribution in [2.75, 3.05) is 12.3 Å². The van der Waals surface area contributed by atoms with E-state index in [1.54, 1.807) is 17.9 Å². The van der Waals surface area contributed by atoms with Crippen molar-refractivity contribution in [3.8, 4) is 0 Å². The minimum atomic E-state index is -0.393. The molecule has 1 aromatic heterocycles. The van der Waals surface area contributed by atoms with Crippen molar-refractivity contribution in [3.63, 3.8) is 0 Å². The molecule has 0 spiro atoms. The molecule has 3 aromatic rings. The van der Waals surface area contributed by atoms with Gasteiger partial charge in [0.1, 0.15) is 5.69 Å². The molecule has 32 heavy (non-hydrogen) atoms. The number of rotatable bonds is 7. The van der Waals surface area contributed by atoms with Gasteiger partial charge >= 0.3 is 5.97 Å². The summed E-state index contributed by atoms with van der Waals surface area (Å²) in [5, 5.41) is 0.600. The van der Waals surface area contributed by atoms with Gasteiger partial charge in [-0.1, -0.05) is 50.1 Å². The molecule has 2 aromatic carbocycles. The molecule has 1 unspecified atom stereocenters. The lowest BCUT2D eigenvalue weighted by molar-refractivity contribution is -0.145. The monoisotopic (exact) mass is 432 g/mol. The second-order valence-corrected chi connectivity index (χ2v) is 8.08. The van der Waals surface area contributed by atoms with Gasteiger partial charge in [-0.25, -0.2) is 9.97 Å². The average molecular weight is 433 g/mol. The van der Waals surface area contributed by atoms with Crippen LogP contribution in [0.4, 0.5) is 5.95 Å². The van der Waals surface area contributed by atoms with Gasteiger partial charge in [0, 0.05) is 18.5 Å². The fourth-order valence-electron chi connectivity index (χ4n) is 4.24. The van der Waals surface area contributed by atoms with Crippen LogP contribution in [0.1, 0.15) is 66.2 Å². The highest BCUT2D eigenvalue weighted by atomic mass is 16.5. The highest BCUT2D eigenvalue weighted by Crippen LogP contribution is 2.30. The van der Waals surface area contributed by atoms with E-state index in [1.807, 2.05) is 36.4 Å². The van der Waals surface area contributed by atoms with Gasteiger partial charge in [-0.05, 0) is 42.2 Å². The Labute approximate surface area is 187 Å². The summed E-state index contributed by atoms with van der Waals surface area (Å²) in [7, 11) is 0. The molecule has 1 atom stereocenters. The summed E-state index contributed by atoms with van der Waals surface area (Å²) in [6, 6.07) is 13.5. The number of unbranched alkanes of at least 4 members (excludes halogenated alkanes) is 1. The number of hydrogen-bond donors (Lipinski definition) is 1. The summed E-state index contributed by atoms with van der Waals surface area (Å²) in [6.45, 7) is 5.28. The van der Waals surface area contributed by atoms with Crippen molar-refractivity contribution in [2.45, 2.75) is 52.1 Å². The third-order valence-electron chi connectivity index (χ3n) is 5.89. The predicted octanol–water partition coefficient (Wildman–Crippen LogP) is 4.20. The van der Waals surface area contributed by atoms with Gasteiger partial charge in [-0.2, -0.15) is 0 Å². The number of aromatic nitrogens is 2. The first-order chi connectivity index (χ1) is 15.5. The van der Waals surface area contributed by atoms with Crippen LogP contribution in [-0.2, 0) is 22.6 Å². The predicted molar refractivity (Wildman–Crippen MR) is 123 cm³/mol. The van der Waals surface area contributed by atoms with Crippen molar-refractivity contribution in [3.05, 3.63) is 64.8 Å². The van der Waals surface area contributed by atoms with Gasteiger partial charge in [-0.15, -0.1) is 0 Å². The number of ether oxygens (including phenoxy) is 1. The first-order valence-electron chi connectivity index (χ1n) is 11.1. The molecule has 1 aliphatic rings. The zero-order chi connectivity index (χ0) is 22.7. The van der Waals surface area contributed by atoms with E-state index in [4.69, 9.17) is 10.5 Å². The molecule has 1 amide bonds. The lowest BCUT2D eigenvalue weighted by Gasteiger charge is -2.18. The standard InChI is InChI=1S/C25H28N4O3/c1-3-5-10-19(24(31)32-4-2)16-11-12-21-20(13-16)22(28-25(26)27-21)23(30)29-14-17-8-6-7-9-18(17)15-29/h6-9,11-13,19H,3-5,10,14-15H2,1-2H3,(H2,26,27,28). The van der Waals surface area contributed by atoms with Crippen LogP contribution in [0.25, 0.3) is 10.9 Å². The molecular weight excluding hydrogens is 404 g/mol. The molecule has 0 radical (unpaired) electrons. The Hall–Kier alpha value is -3.48. The van der Waals surface area contributed by atoms with Crippen molar-refractivity contribution in [1.82, 2.24) is 14.9 Å². The van der Waals surface area contributed by atoms with E-state index >= 15 is 0 Å². The fraction of sp³-hybridized carbons (Fsp3) is 0.360. The maximum atomic E-state index is 13.5. The number of nitrogens with zero attached hydrogens (tertiary/aromatic N) is 3. The number of amides is 1. The second kappa shape index (κ2) is 9.34. The van der Waals surface area contributed by atoms with E-state index < -0.39 is 5.92 Å². The van der Waals surface area contributed by atoms with Crippen LogP contribution < -0.4 is 5.73 Å². The zero-order valence-electron chi connectivity index (χ0n) is 18.5. The molecule has 0 saturated carbocycles. The number of esters is 1. The van der Waals surface area contributed by atoms with Gasteiger partial charge in [0.2, 0.25) is 5.95 Å². The third kappa shape index (κ3) is 4.28. The highest BCUT2D eigenvalue weighted by Gasteiger charge is 2.28. The quantitative estimate of drug-likeness (QED) is 0.562. The molecule has 166 valence electrons. The molecule has 7 nitrogen and oxygen atoms in total. The van der Waals surface area contributed by atoms with Crippen LogP contribution in [0.15, 0.2) is 42.5 Å². The molecular formula is C25H28N4O3. The number of anilines is 1. The summed E-state index contributed by atoms with van der Waals surface area (Å²) in [4.78, 5) is 36.5. The highest BCUT2D eigenvalue weighted by molar-refractivity contribution is 6.05. The Morgan fingerprint density at radius 2 is 1.81 bits per heavy atom. The molecule has 0 saturated heterocycles. The Morgan fingerprint density at radius 3 is 2.47 bits per heavy atom. The van der Waals surface area contributed by atoms with Gasteiger partial charge in [0.25, 0.3) is 5.91 Å². The van der Waals surface area contributed by atoms with Crippen LogP contribution in [0.2, 0.25) is 0 Å². The van der Waals surface area contributed by atoms with Crippen molar-refractivity contribution in [2.24, 2.45) is 0 Å². The van der Waals surface area contributed by atoms with E-state index in [-0.39, 0.29) is 23.5 Å². The molecule has 1 aliphatic heterocycles. The number of benzene rings is 2.